The summed E-state index contributed by atoms with van der Waals surface area (Å²) in [5.74, 6) is 0. The average Bonchev–Trinajstić information content (AvgIpc) is 2.27. The van der Waals surface area contributed by atoms with Crippen molar-refractivity contribution < 1.29 is 0 Å². The highest BCUT2D eigenvalue weighted by Gasteiger charge is 2.00. The molecule has 0 atom stereocenters. The predicted molar refractivity (Wildman–Crippen MR) is 66.8 cm³/mol. The van der Waals surface area contributed by atoms with E-state index in [1.807, 2.05) is 12.1 Å². The van der Waals surface area contributed by atoms with E-state index in [0.29, 0.717) is 16.2 Å². The number of rotatable bonds is 2. The van der Waals surface area contributed by atoms with Crippen LogP contribution in [0.25, 0.3) is 0 Å². The molecule has 0 aliphatic rings. The van der Waals surface area contributed by atoms with Gasteiger partial charge in [-0.25, -0.2) is 4.68 Å². The molecule has 0 aliphatic heterocycles. The molecule has 0 radical (unpaired) electrons. The van der Waals surface area contributed by atoms with Crippen molar-refractivity contribution >= 4 is 27.5 Å². The Morgan fingerprint density at radius 3 is 2.56 bits per heavy atom. The lowest BCUT2D eigenvalue weighted by atomic mass is 10.2. The van der Waals surface area contributed by atoms with Crippen molar-refractivity contribution in [1.29, 1.82) is 0 Å². The van der Waals surface area contributed by atoms with Crippen LogP contribution in [0.15, 0.2) is 45.8 Å². The summed E-state index contributed by atoms with van der Waals surface area (Å²) in [4.78, 5) is 11.5. The topological polar surface area (TPSA) is 34.9 Å². The second-order valence-electron chi connectivity index (χ2n) is 3.28. The highest BCUT2D eigenvalue weighted by Crippen LogP contribution is 2.10. The van der Waals surface area contributed by atoms with Gasteiger partial charge in [0.25, 0.3) is 5.56 Å². The second-order valence-corrected chi connectivity index (χ2v) is 4.53. The van der Waals surface area contributed by atoms with Crippen molar-refractivity contribution in [2.75, 3.05) is 0 Å². The van der Waals surface area contributed by atoms with Crippen molar-refractivity contribution in [3.63, 3.8) is 0 Å². The molecule has 1 heterocycles. The molecule has 0 unspecified atom stereocenters. The van der Waals surface area contributed by atoms with Gasteiger partial charge in [-0.05, 0) is 39.7 Å². The maximum absolute atomic E-state index is 11.5. The third-order valence-electron chi connectivity index (χ3n) is 2.08. The number of hydrogen-bond donors (Lipinski definition) is 0. The first-order chi connectivity index (χ1) is 7.65. The molecular weight excluding hydrogens is 291 g/mol. The number of aromatic nitrogens is 2. The molecule has 1 aromatic carbocycles. The van der Waals surface area contributed by atoms with E-state index >= 15 is 0 Å². The Labute approximate surface area is 106 Å². The van der Waals surface area contributed by atoms with Gasteiger partial charge in [0.2, 0.25) is 0 Å². The van der Waals surface area contributed by atoms with Gasteiger partial charge in [0, 0.05) is 11.1 Å². The van der Waals surface area contributed by atoms with Crippen LogP contribution in [0, 0.1) is 0 Å². The quantitative estimate of drug-likeness (QED) is 0.854. The second kappa shape index (κ2) is 4.80. The van der Waals surface area contributed by atoms with Crippen LogP contribution in [0.5, 0.6) is 0 Å². The lowest BCUT2D eigenvalue weighted by Gasteiger charge is -2.04. The highest BCUT2D eigenvalue weighted by molar-refractivity contribution is 9.10. The molecule has 1 aromatic heterocycles. The SMILES string of the molecule is O=c1ccc(Br)nn1Cc1ccc(Cl)cc1. The van der Waals surface area contributed by atoms with E-state index in [1.54, 1.807) is 18.2 Å². The number of halogens is 2. The van der Waals surface area contributed by atoms with E-state index in [0.717, 1.165) is 5.56 Å². The summed E-state index contributed by atoms with van der Waals surface area (Å²) in [6.45, 7) is 0.440. The number of benzene rings is 1. The highest BCUT2D eigenvalue weighted by atomic mass is 79.9. The summed E-state index contributed by atoms with van der Waals surface area (Å²) in [7, 11) is 0. The molecule has 0 bridgehead atoms. The molecule has 16 heavy (non-hydrogen) atoms. The first-order valence-electron chi connectivity index (χ1n) is 4.63. The zero-order valence-corrected chi connectivity index (χ0v) is 10.6. The first-order valence-corrected chi connectivity index (χ1v) is 5.80. The fourth-order valence-electron chi connectivity index (χ4n) is 1.30. The fraction of sp³-hybridized carbons (Fsp3) is 0.0909. The molecule has 82 valence electrons. The van der Waals surface area contributed by atoms with Gasteiger partial charge in [-0.1, -0.05) is 23.7 Å². The van der Waals surface area contributed by atoms with Gasteiger partial charge in [-0.15, -0.1) is 0 Å². The molecule has 5 heteroatoms. The van der Waals surface area contributed by atoms with E-state index in [2.05, 4.69) is 21.0 Å². The van der Waals surface area contributed by atoms with E-state index in [4.69, 9.17) is 11.6 Å². The Morgan fingerprint density at radius 2 is 1.88 bits per heavy atom. The maximum Gasteiger partial charge on any atom is 0.267 e. The molecule has 3 nitrogen and oxygen atoms in total. The third-order valence-corrected chi connectivity index (χ3v) is 2.75. The minimum Gasteiger partial charge on any atom is -0.268 e. The molecule has 0 saturated heterocycles. The Bertz CT molecular complexity index is 551. The van der Waals surface area contributed by atoms with Gasteiger partial charge < -0.3 is 0 Å². The molecular formula is C11H8BrClN2O. The van der Waals surface area contributed by atoms with Crippen molar-refractivity contribution in [3.8, 4) is 0 Å². The van der Waals surface area contributed by atoms with Crippen LogP contribution in [-0.2, 0) is 6.54 Å². The van der Waals surface area contributed by atoms with Gasteiger partial charge in [0.1, 0.15) is 4.60 Å². The summed E-state index contributed by atoms with van der Waals surface area (Å²) < 4.78 is 2.04. The van der Waals surface area contributed by atoms with Crippen LogP contribution in [-0.4, -0.2) is 9.78 Å². The molecule has 0 aliphatic carbocycles. The summed E-state index contributed by atoms with van der Waals surface area (Å²) in [5.41, 5.74) is 0.857. The van der Waals surface area contributed by atoms with Gasteiger partial charge >= 0.3 is 0 Å². The molecule has 0 amide bonds. The molecule has 2 aromatic rings. The van der Waals surface area contributed by atoms with Crippen LogP contribution < -0.4 is 5.56 Å². The maximum atomic E-state index is 11.5. The smallest absolute Gasteiger partial charge is 0.267 e. The van der Waals surface area contributed by atoms with E-state index in [9.17, 15) is 4.79 Å². The molecule has 0 N–H and O–H groups in total. The van der Waals surface area contributed by atoms with Gasteiger partial charge in [0.15, 0.2) is 0 Å². The summed E-state index contributed by atoms with van der Waals surface area (Å²) in [5, 5.41) is 4.76. The summed E-state index contributed by atoms with van der Waals surface area (Å²) in [6, 6.07) is 10.4. The predicted octanol–water partition coefficient (Wildman–Crippen LogP) is 2.71. The first kappa shape index (κ1) is 11.4. The van der Waals surface area contributed by atoms with E-state index in [1.165, 1.54) is 10.7 Å². The van der Waals surface area contributed by atoms with Crippen LogP contribution in [0.3, 0.4) is 0 Å². The van der Waals surface area contributed by atoms with Crippen LogP contribution in [0.1, 0.15) is 5.56 Å². The Morgan fingerprint density at radius 1 is 1.19 bits per heavy atom. The largest absolute Gasteiger partial charge is 0.268 e. The number of nitrogens with zero attached hydrogens (tertiary/aromatic N) is 2. The van der Waals surface area contributed by atoms with Crippen LogP contribution in [0.2, 0.25) is 5.02 Å². The minimum absolute atomic E-state index is 0.127. The summed E-state index contributed by atoms with van der Waals surface area (Å²) in [6.07, 6.45) is 0. The van der Waals surface area contributed by atoms with Crippen molar-refractivity contribution in [2.45, 2.75) is 6.54 Å². The Balaban J connectivity index is 2.30. The number of hydrogen-bond acceptors (Lipinski definition) is 2. The zero-order valence-electron chi connectivity index (χ0n) is 8.23. The lowest BCUT2D eigenvalue weighted by Crippen LogP contribution is -2.22. The Kier molecular flexibility index (Phi) is 3.41. The average molecular weight is 300 g/mol. The normalized spacial score (nSPS) is 10.4. The van der Waals surface area contributed by atoms with Gasteiger partial charge in [-0.2, -0.15) is 5.10 Å². The Hall–Kier alpha value is -1.13. The van der Waals surface area contributed by atoms with Crippen molar-refractivity contribution in [1.82, 2.24) is 9.78 Å². The zero-order chi connectivity index (χ0) is 11.5. The molecule has 0 spiro atoms. The molecule has 2 rings (SSSR count). The van der Waals surface area contributed by atoms with Crippen LogP contribution in [0.4, 0.5) is 0 Å². The van der Waals surface area contributed by atoms with Gasteiger partial charge in [0.05, 0.1) is 6.54 Å². The molecule has 0 saturated carbocycles. The standard InChI is InChI=1S/C11H8BrClN2O/c12-10-5-6-11(16)15(14-10)7-8-1-3-9(13)4-2-8/h1-6H,7H2. The minimum atomic E-state index is -0.127. The molecule has 0 fully saturated rings. The summed E-state index contributed by atoms with van der Waals surface area (Å²) >= 11 is 9.01. The van der Waals surface area contributed by atoms with Crippen molar-refractivity contribution in [3.05, 3.63) is 61.9 Å². The fourth-order valence-corrected chi connectivity index (χ4v) is 1.75. The van der Waals surface area contributed by atoms with Crippen molar-refractivity contribution in [2.24, 2.45) is 0 Å². The van der Waals surface area contributed by atoms with E-state index < -0.39 is 0 Å². The van der Waals surface area contributed by atoms with E-state index in [-0.39, 0.29) is 5.56 Å². The third kappa shape index (κ3) is 2.71. The lowest BCUT2D eigenvalue weighted by molar-refractivity contribution is 0.631. The van der Waals surface area contributed by atoms with Crippen LogP contribution >= 0.6 is 27.5 Å². The van der Waals surface area contributed by atoms with Gasteiger partial charge in [-0.3, -0.25) is 4.79 Å². The monoisotopic (exact) mass is 298 g/mol.